The Morgan fingerprint density at radius 2 is 2.05 bits per heavy atom. The number of nitrogens with zero attached hydrogens (tertiary/aromatic N) is 2. The summed E-state index contributed by atoms with van der Waals surface area (Å²) in [5, 5.41) is 1.83. The van der Waals surface area contributed by atoms with Crippen LogP contribution in [0.5, 0.6) is 0 Å². The van der Waals surface area contributed by atoms with Crippen LogP contribution in [-0.2, 0) is 6.54 Å². The molecule has 0 bridgehead atoms. The van der Waals surface area contributed by atoms with E-state index in [0.29, 0.717) is 21.6 Å². The van der Waals surface area contributed by atoms with Crippen LogP contribution in [0.2, 0.25) is 0 Å². The van der Waals surface area contributed by atoms with Crippen molar-refractivity contribution in [2.75, 3.05) is 7.05 Å². The number of hydrogen-bond donors (Lipinski definition) is 1. The number of rotatable bonds is 3. The summed E-state index contributed by atoms with van der Waals surface area (Å²) >= 11 is 3.55. The summed E-state index contributed by atoms with van der Waals surface area (Å²) in [6.07, 6.45) is 0. The monoisotopic (exact) mass is 425 g/mol. The fraction of sp³-hybridized carbons (Fsp3) is 0.133. The standard InChI is InChI=1S/C15H12IN3O2S/c1-19(15(21)9-2-4-10(16)5-3-9)8-12-17-11-6-7-22-13(11)14(20)18-12/h2-7H,8H2,1H3,(H,17,18,20). The van der Waals surface area contributed by atoms with E-state index in [1.54, 1.807) is 30.1 Å². The van der Waals surface area contributed by atoms with Crippen molar-refractivity contribution >= 4 is 50.1 Å². The molecular weight excluding hydrogens is 413 g/mol. The molecule has 112 valence electrons. The highest BCUT2D eigenvalue weighted by Crippen LogP contribution is 2.14. The second-order valence-electron chi connectivity index (χ2n) is 4.82. The molecule has 3 aromatic rings. The van der Waals surface area contributed by atoms with Gasteiger partial charge in [-0.05, 0) is 58.3 Å². The number of aromatic nitrogens is 2. The average Bonchev–Trinajstić information content (AvgIpc) is 2.96. The molecule has 0 aliphatic rings. The number of fused-ring (bicyclic) bond motifs is 1. The van der Waals surface area contributed by atoms with E-state index in [9.17, 15) is 9.59 Å². The molecule has 1 amide bonds. The Kier molecular flexibility index (Phi) is 4.25. The second kappa shape index (κ2) is 6.17. The SMILES string of the molecule is CN(Cc1nc2ccsc2c(=O)[nH]1)C(=O)c1ccc(I)cc1. The van der Waals surface area contributed by atoms with Gasteiger partial charge in [-0.2, -0.15) is 0 Å². The molecular formula is C15H12IN3O2S. The topological polar surface area (TPSA) is 66.1 Å². The average molecular weight is 425 g/mol. The zero-order valence-corrected chi connectivity index (χ0v) is 14.6. The Balaban J connectivity index is 1.83. The molecule has 0 aliphatic heterocycles. The molecule has 0 saturated carbocycles. The minimum absolute atomic E-state index is 0.107. The minimum atomic E-state index is -0.162. The first kappa shape index (κ1) is 15.2. The zero-order valence-electron chi connectivity index (χ0n) is 11.7. The van der Waals surface area contributed by atoms with Crippen molar-refractivity contribution in [3.63, 3.8) is 0 Å². The van der Waals surface area contributed by atoms with E-state index in [1.807, 2.05) is 17.5 Å². The van der Waals surface area contributed by atoms with Gasteiger partial charge in [-0.3, -0.25) is 9.59 Å². The van der Waals surface area contributed by atoms with Crippen molar-refractivity contribution in [2.24, 2.45) is 0 Å². The van der Waals surface area contributed by atoms with Crippen LogP contribution >= 0.6 is 33.9 Å². The van der Waals surface area contributed by atoms with Gasteiger partial charge in [0.25, 0.3) is 11.5 Å². The molecule has 0 atom stereocenters. The molecule has 0 fully saturated rings. The molecule has 0 unspecified atom stereocenters. The summed E-state index contributed by atoms with van der Waals surface area (Å²) in [6.45, 7) is 0.256. The first-order valence-corrected chi connectivity index (χ1v) is 8.48. The quantitative estimate of drug-likeness (QED) is 0.657. The van der Waals surface area contributed by atoms with E-state index in [1.165, 1.54) is 11.3 Å². The Morgan fingerprint density at radius 1 is 1.32 bits per heavy atom. The first-order chi connectivity index (χ1) is 10.5. The number of H-pyrrole nitrogens is 1. The van der Waals surface area contributed by atoms with Crippen LogP contribution in [0.1, 0.15) is 16.2 Å². The van der Waals surface area contributed by atoms with Crippen molar-refractivity contribution < 1.29 is 4.79 Å². The molecule has 1 aromatic carbocycles. The summed E-state index contributed by atoms with van der Waals surface area (Å²) in [5.74, 6) is 0.377. The highest BCUT2D eigenvalue weighted by atomic mass is 127. The number of carbonyl (C=O) groups is 1. The van der Waals surface area contributed by atoms with Crippen LogP contribution in [0.3, 0.4) is 0 Å². The third-order valence-electron chi connectivity index (χ3n) is 3.19. The first-order valence-electron chi connectivity index (χ1n) is 6.52. The van der Waals surface area contributed by atoms with E-state index in [2.05, 4.69) is 32.6 Å². The lowest BCUT2D eigenvalue weighted by Gasteiger charge is -2.16. The minimum Gasteiger partial charge on any atom is -0.334 e. The number of benzene rings is 1. The number of thiophene rings is 1. The van der Waals surface area contributed by atoms with E-state index >= 15 is 0 Å². The molecule has 7 heteroatoms. The van der Waals surface area contributed by atoms with Gasteiger partial charge in [0.1, 0.15) is 10.5 Å². The number of nitrogens with one attached hydrogen (secondary N) is 1. The molecule has 5 nitrogen and oxygen atoms in total. The van der Waals surface area contributed by atoms with Gasteiger partial charge < -0.3 is 9.88 Å². The largest absolute Gasteiger partial charge is 0.334 e. The lowest BCUT2D eigenvalue weighted by atomic mass is 10.2. The maximum absolute atomic E-state index is 12.4. The molecule has 2 heterocycles. The Bertz CT molecular complexity index is 886. The lowest BCUT2D eigenvalue weighted by Crippen LogP contribution is -2.28. The van der Waals surface area contributed by atoms with Crippen molar-refractivity contribution in [3.8, 4) is 0 Å². The summed E-state index contributed by atoms with van der Waals surface area (Å²) in [5.41, 5.74) is 1.12. The lowest BCUT2D eigenvalue weighted by molar-refractivity contribution is 0.0781. The van der Waals surface area contributed by atoms with Crippen molar-refractivity contribution in [1.82, 2.24) is 14.9 Å². The predicted molar refractivity (Wildman–Crippen MR) is 95.2 cm³/mol. The van der Waals surface area contributed by atoms with Crippen LogP contribution in [0.4, 0.5) is 0 Å². The Morgan fingerprint density at radius 3 is 2.77 bits per heavy atom. The van der Waals surface area contributed by atoms with Gasteiger partial charge in [-0.15, -0.1) is 11.3 Å². The Labute approximate surface area is 144 Å². The van der Waals surface area contributed by atoms with Crippen LogP contribution in [-0.4, -0.2) is 27.8 Å². The van der Waals surface area contributed by atoms with Gasteiger partial charge in [0.05, 0.1) is 12.1 Å². The van der Waals surface area contributed by atoms with Crippen LogP contribution in [0.25, 0.3) is 10.2 Å². The molecule has 2 aromatic heterocycles. The summed E-state index contributed by atoms with van der Waals surface area (Å²) < 4.78 is 1.68. The van der Waals surface area contributed by atoms with Gasteiger partial charge in [0.2, 0.25) is 0 Å². The van der Waals surface area contributed by atoms with E-state index in [-0.39, 0.29) is 18.0 Å². The summed E-state index contributed by atoms with van der Waals surface area (Å²) in [7, 11) is 1.69. The molecule has 0 aliphatic carbocycles. The molecule has 0 spiro atoms. The molecule has 0 radical (unpaired) electrons. The van der Waals surface area contributed by atoms with Crippen LogP contribution < -0.4 is 5.56 Å². The number of aromatic amines is 1. The van der Waals surface area contributed by atoms with Gasteiger partial charge >= 0.3 is 0 Å². The Hall–Kier alpha value is -1.74. The normalized spacial score (nSPS) is 10.8. The summed E-state index contributed by atoms with van der Waals surface area (Å²) in [6, 6.07) is 9.16. The summed E-state index contributed by atoms with van der Waals surface area (Å²) in [4.78, 5) is 33.0. The number of halogens is 1. The van der Waals surface area contributed by atoms with E-state index in [0.717, 1.165) is 3.57 Å². The maximum atomic E-state index is 12.4. The highest BCUT2D eigenvalue weighted by molar-refractivity contribution is 14.1. The van der Waals surface area contributed by atoms with Gasteiger partial charge in [-0.1, -0.05) is 0 Å². The third kappa shape index (κ3) is 3.05. The third-order valence-corrected chi connectivity index (χ3v) is 4.81. The number of amides is 1. The number of hydrogen-bond acceptors (Lipinski definition) is 4. The smallest absolute Gasteiger partial charge is 0.268 e. The predicted octanol–water partition coefficient (Wildman–Crippen LogP) is 2.86. The fourth-order valence-electron chi connectivity index (χ4n) is 2.11. The number of carbonyl (C=O) groups excluding carboxylic acids is 1. The molecule has 3 rings (SSSR count). The second-order valence-corrected chi connectivity index (χ2v) is 6.98. The zero-order chi connectivity index (χ0) is 15.7. The van der Waals surface area contributed by atoms with E-state index in [4.69, 9.17) is 0 Å². The molecule has 1 N–H and O–H groups in total. The van der Waals surface area contributed by atoms with Crippen molar-refractivity contribution in [1.29, 1.82) is 0 Å². The van der Waals surface area contributed by atoms with Crippen LogP contribution in [0.15, 0.2) is 40.5 Å². The van der Waals surface area contributed by atoms with Gasteiger partial charge in [0, 0.05) is 16.2 Å². The molecule has 22 heavy (non-hydrogen) atoms. The van der Waals surface area contributed by atoms with Crippen LogP contribution in [0, 0.1) is 3.57 Å². The van der Waals surface area contributed by atoms with E-state index < -0.39 is 0 Å². The van der Waals surface area contributed by atoms with Gasteiger partial charge in [-0.25, -0.2) is 4.98 Å². The van der Waals surface area contributed by atoms with Crippen molar-refractivity contribution in [3.05, 3.63) is 61.0 Å². The van der Waals surface area contributed by atoms with Gasteiger partial charge in [0.15, 0.2) is 0 Å². The van der Waals surface area contributed by atoms with Crippen molar-refractivity contribution in [2.45, 2.75) is 6.54 Å². The molecule has 0 saturated heterocycles. The maximum Gasteiger partial charge on any atom is 0.268 e. The fourth-order valence-corrected chi connectivity index (χ4v) is 3.19. The highest BCUT2D eigenvalue weighted by Gasteiger charge is 2.14.